The summed E-state index contributed by atoms with van der Waals surface area (Å²) in [5, 5.41) is 9.41. The van der Waals surface area contributed by atoms with E-state index in [1.807, 2.05) is 24.3 Å². The van der Waals surface area contributed by atoms with E-state index in [1.54, 1.807) is 12.1 Å². The van der Waals surface area contributed by atoms with Gasteiger partial charge in [-0.15, -0.1) is 0 Å². The van der Waals surface area contributed by atoms with Crippen molar-refractivity contribution >= 4 is 22.6 Å². The molecule has 0 bridgehead atoms. The third-order valence-electron chi connectivity index (χ3n) is 3.03. The van der Waals surface area contributed by atoms with Crippen LogP contribution in [-0.2, 0) is 13.2 Å². The first-order valence-corrected chi connectivity index (χ1v) is 7.25. The minimum atomic E-state index is -0.0986. The van der Waals surface area contributed by atoms with E-state index in [0.717, 1.165) is 5.56 Å². The number of hydrogen-bond acceptors (Lipinski definition) is 4. The Morgan fingerprint density at radius 1 is 1.10 bits per heavy atom. The summed E-state index contributed by atoms with van der Waals surface area (Å²) in [6.07, 6.45) is 0. The molecular weight excluding hydrogens is 371 g/mol. The second-order valence-electron chi connectivity index (χ2n) is 4.39. The Bertz CT molecular complexity index is 610. The molecule has 0 saturated heterocycles. The molecule has 2 aromatic rings. The predicted molar refractivity (Wildman–Crippen MR) is 82.0 cm³/mol. The first-order chi connectivity index (χ1) is 9.76. The lowest BCUT2D eigenvalue weighted by Crippen LogP contribution is -1.99. The van der Waals surface area contributed by atoms with Crippen LogP contribution in [0.1, 0.15) is 11.1 Å². The molecule has 1 aliphatic heterocycles. The molecular formula is C15H13IO4. The van der Waals surface area contributed by atoms with Crippen molar-refractivity contribution in [2.24, 2.45) is 0 Å². The summed E-state index contributed by atoms with van der Waals surface area (Å²) in [6.45, 7) is 0.559. The van der Waals surface area contributed by atoms with E-state index in [4.69, 9.17) is 14.2 Å². The van der Waals surface area contributed by atoms with Gasteiger partial charge in [-0.25, -0.2) is 0 Å². The number of hydrogen-bond donors (Lipinski definition) is 1. The molecule has 5 heteroatoms. The highest BCUT2D eigenvalue weighted by Gasteiger charge is 2.17. The van der Waals surface area contributed by atoms with Crippen LogP contribution in [0.2, 0.25) is 0 Å². The van der Waals surface area contributed by atoms with Crippen LogP contribution in [0.15, 0.2) is 36.4 Å². The first kappa shape index (κ1) is 13.5. The van der Waals surface area contributed by atoms with E-state index in [-0.39, 0.29) is 13.4 Å². The maximum absolute atomic E-state index is 9.41. The lowest BCUT2D eigenvalue weighted by molar-refractivity contribution is 0.173. The number of halogens is 1. The number of aliphatic hydroxyl groups is 1. The molecule has 0 spiro atoms. The van der Waals surface area contributed by atoms with E-state index in [1.165, 1.54) is 3.57 Å². The van der Waals surface area contributed by atoms with Gasteiger partial charge in [0.15, 0.2) is 11.5 Å². The zero-order valence-electron chi connectivity index (χ0n) is 10.6. The highest BCUT2D eigenvalue weighted by atomic mass is 127. The van der Waals surface area contributed by atoms with Crippen LogP contribution in [0, 0.1) is 3.57 Å². The van der Waals surface area contributed by atoms with Crippen LogP contribution in [-0.4, -0.2) is 11.9 Å². The Morgan fingerprint density at radius 3 is 2.50 bits per heavy atom. The largest absolute Gasteiger partial charge is 0.488 e. The van der Waals surface area contributed by atoms with Gasteiger partial charge >= 0.3 is 0 Å². The van der Waals surface area contributed by atoms with Gasteiger partial charge in [-0.1, -0.05) is 12.1 Å². The monoisotopic (exact) mass is 384 g/mol. The molecule has 1 N–H and O–H groups in total. The van der Waals surface area contributed by atoms with Crippen molar-refractivity contribution in [3.8, 4) is 17.2 Å². The number of aliphatic hydroxyl groups excluding tert-OH is 1. The SMILES string of the molecule is OCc1cc2c(cc1OCc1ccc(I)cc1)OCO2. The van der Waals surface area contributed by atoms with Crippen LogP contribution < -0.4 is 14.2 Å². The summed E-state index contributed by atoms with van der Waals surface area (Å²) in [7, 11) is 0. The zero-order valence-corrected chi connectivity index (χ0v) is 12.8. The molecule has 1 heterocycles. The Kier molecular flexibility index (Phi) is 3.98. The van der Waals surface area contributed by atoms with Gasteiger partial charge in [-0.3, -0.25) is 0 Å². The van der Waals surface area contributed by atoms with E-state index < -0.39 is 0 Å². The average Bonchev–Trinajstić information content (AvgIpc) is 2.92. The summed E-state index contributed by atoms with van der Waals surface area (Å²) in [6, 6.07) is 11.6. The van der Waals surface area contributed by atoms with Crippen molar-refractivity contribution in [1.29, 1.82) is 0 Å². The second kappa shape index (κ2) is 5.88. The molecule has 0 aromatic heterocycles. The Morgan fingerprint density at radius 2 is 1.80 bits per heavy atom. The van der Waals surface area contributed by atoms with Crippen LogP contribution in [0.25, 0.3) is 0 Å². The molecule has 0 fully saturated rings. The van der Waals surface area contributed by atoms with Crippen molar-refractivity contribution in [3.05, 3.63) is 51.1 Å². The summed E-state index contributed by atoms with van der Waals surface area (Å²) in [5.74, 6) is 1.92. The Hall–Kier alpha value is -1.47. The summed E-state index contributed by atoms with van der Waals surface area (Å²) < 4.78 is 17.6. The summed E-state index contributed by atoms with van der Waals surface area (Å²) in [5.41, 5.74) is 1.77. The number of fused-ring (bicyclic) bond motifs is 1. The molecule has 4 nitrogen and oxygen atoms in total. The fourth-order valence-electron chi connectivity index (χ4n) is 1.97. The maximum Gasteiger partial charge on any atom is 0.231 e. The first-order valence-electron chi connectivity index (χ1n) is 6.17. The van der Waals surface area contributed by atoms with Gasteiger partial charge in [0.2, 0.25) is 6.79 Å². The van der Waals surface area contributed by atoms with E-state index >= 15 is 0 Å². The maximum atomic E-state index is 9.41. The van der Waals surface area contributed by atoms with Gasteiger partial charge in [-0.05, 0) is 46.4 Å². The summed E-state index contributed by atoms with van der Waals surface area (Å²) >= 11 is 2.26. The smallest absolute Gasteiger partial charge is 0.231 e. The second-order valence-corrected chi connectivity index (χ2v) is 5.63. The normalized spacial score (nSPS) is 12.5. The van der Waals surface area contributed by atoms with Gasteiger partial charge in [-0.2, -0.15) is 0 Å². The van der Waals surface area contributed by atoms with Crippen molar-refractivity contribution in [2.75, 3.05) is 6.79 Å². The topological polar surface area (TPSA) is 47.9 Å². The molecule has 0 atom stereocenters. The average molecular weight is 384 g/mol. The van der Waals surface area contributed by atoms with Gasteiger partial charge in [0.25, 0.3) is 0 Å². The lowest BCUT2D eigenvalue weighted by atomic mass is 10.2. The molecule has 0 amide bonds. The zero-order chi connectivity index (χ0) is 13.9. The van der Waals surface area contributed by atoms with E-state index in [0.29, 0.717) is 29.4 Å². The molecule has 0 aliphatic carbocycles. The standard InChI is InChI=1S/C15H13IO4/c16-12-3-1-10(2-4-12)8-18-13-6-15-14(19-9-20-15)5-11(13)7-17/h1-6,17H,7-9H2. The van der Waals surface area contributed by atoms with Gasteiger partial charge < -0.3 is 19.3 Å². The van der Waals surface area contributed by atoms with Crippen LogP contribution in [0.4, 0.5) is 0 Å². The van der Waals surface area contributed by atoms with Crippen LogP contribution in [0.3, 0.4) is 0 Å². The van der Waals surface area contributed by atoms with E-state index in [9.17, 15) is 5.11 Å². The third-order valence-corrected chi connectivity index (χ3v) is 3.75. The van der Waals surface area contributed by atoms with Crippen LogP contribution in [0.5, 0.6) is 17.2 Å². The van der Waals surface area contributed by atoms with Gasteiger partial charge in [0, 0.05) is 15.2 Å². The van der Waals surface area contributed by atoms with Crippen molar-refractivity contribution < 1.29 is 19.3 Å². The highest BCUT2D eigenvalue weighted by Crippen LogP contribution is 2.38. The Balaban J connectivity index is 1.78. The quantitative estimate of drug-likeness (QED) is 0.824. The van der Waals surface area contributed by atoms with Crippen LogP contribution >= 0.6 is 22.6 Å². The molecule has 20 heavy (non-hydrogen) atoms. The minimum absolute atomic E-state index is 0.0986. The minimum Gasteiger partial charge on any atom is -0.488 e. The highest BCUT2D eigenvalue weighted by molar-refractivity contribution is 14.1. The lowest BCUT2D eigenvalue weighted by Gasteiger charge is -2.11. The Labute approximate surface area is 130 Å². The van der Waals surface area contributed by atoms with Crippen molar-refractivity contribution in [3.63, 3.8) is 0 Å². The van der Waals surface area contributed by atoms with Gasteiger partial charge in [0.1, 0.15) is 12.4 Å². The van der Waals surface area contributed by atoms with Gasteiger partial charge in [0.05, 0.1) is 6.61 Å². The number of ether oxygens (including phenoxy) is 3. The molecule has 0 unspecified atom stereocenters. The fraction of sp³-hybridized carbons (Fsp3) is 0.200. The number of rotatable bonds is 4. The molecule has 104 valence electrons. The van der Waals surface area contributed by atoms with Crippen molar-refractivity contribution in [2.45, 2.75) is 13.2 Å². The molecule has 0 radical (unpaired) electrons. The number of benzene rings is 2. The predicted octanol–water partition coefficient (Wildman–Crippen LogP) is 3.09. The molecule has 2 aromatic carbocycles. The molecule has 3 rings (SSSR count). The van der Waals surface area contributed by atoms with E-state index in [2.05, 4.69) is 22.6 Å². The summed E-state index contributed by atoms with van der Waals surface area (Å²) in [4.78, 5) is 0. The fourth-order valence-corrected chi connectivity index (χ4v) is 2.32. The third kappa shape index (κ3) is 2.83. The molecule has 1 aliphatic rings. The van der Waals surface area contributed by atoms with Crippen molar-refractivity contribution in [1.82, 2.24) is 0 Å². The molecule has 0 saturated carbocycles.